The summed E-state index contributed by atoms with van der Waals surface area (Å²) in [5.41, 5.74) is 0. The first-order valence-electron chi connectivity index (χ1n) is 8.97. The van der Waals surface area contributed by atoms with Crippen molar-refractivity contribution in [1.82, 2.24) is 9.21 Å². The largest absolute Gasteiger partial charge is 0.447 e. The lowest BCUT2D eigenvalue weighted by Crippen LogP contribution is -2.54. The Balaban J connectivity index is 1.42. The standard InChI is InChI=1S/C17H26N2O3S/c20-23(21,19-10-4-5-11-19)17-9-8-15(22-17)13-18-12-14-6-2-1-3-7-16(14)18/h8-9,14,16H,1-7,10-13H2/t14-,16-/m1/s1. The SMILES string of the molecule is O=S(=O)(c1ccc(CN2C[C@H]3CCCCC[C@H]32)o1)N1CCCC1. The fraction of sp³-hybridized carbons (Fsp3) is 0.765. The lowest BCUT2D eigenvalue weighted by Gasteiger charge is -2.47. The van der Waals surface area contributed by atoms with E-state index in [1.807, 2.05) is 6.07 Å². The summed E-state index contributed by atoms with van der Waals surface area (Å²) in [5, 5.41) is 0.118. The molecule has 1 aliphatic carbocycles. The normalized spacial score (nSPS) is 29.9. The monoisotopic (exact) mass is 338 g/mol. The number of rotatable bonds is 4. The molecule has 0 amide bonds. The molecular formula is C17H26N2O3S. The average molecular weight is 338 g/mol. The predicted octanol–water partition coefficient (Wildman–Crippen LogP) is 2.83. The van der Waals surface area contributed by atoms with Gasteiger partial charge in [0.2, 0.25) is 5.09 Å². The molecule has 2 aliphatic heterocycles. The number of likely N-dealkylation sites (tertiary alicyclic amines) is 1. The quantitative estimate of drug-likeness (QED) is 0.847. The topological polar surface area (TPSA) is 53.8 Å². The van der Waals surface area contributed by atoms with Crippen molar-refractivity contribution in [3.63, 3.8) is 0 Å². The van der Waals surface area contributed by atoms with E-state index in [-0.39, 0.29) is 5.09 Å². The summed E-state index contributed by atoms with van der Waals surface area (Å²) in [5.74, 6) is 1.63. The van der Waals surface area contributed by atoms with Crippen LogP contribution in [0.2, 0.25) is 0 Å². The van der Waals surface area contributed by atoms with Crippen LogP contribution in [0, 0.1) is 5.92 Å². The molecule has 0 aromatic carbocycles. The number of furan rings is 1. The van der Waals surface area contributed by atoms with Gasteiger partial charge in [0.25, 0.3) is 10.0 Å². The second-order valence-electron chi connectivity index (χ2n) is 7.23. The van der Waals surface area contributed by atoms with Crippen LogP contribution in [-0.4, -0.2) is 43.3 Å². The molecule has 0 spiro atoms. The molecular weight excluding hydrogens is 312 g/mol. The van der Waals surface area contributed by atoms with Gasteiger partial charge in [-0.25, -0.2) is 8.42 Å². The van der Waals surface area contributed by atoms with E-state index >= 15 is 0 Å². The van der Waals surface area contributed by atoms with Gasteiger partial charge in [-0.15, -0.1) is 0 Å². The Kier molecular flexibility index (Phi) is 4.24. The Morgan fingerprint density at radius 3 is 2.65 bits per heavy atom. The second kappa shape index (κ2) is 6.22. The van der Waals surface area contributed by atoms with Gasteiger partial charge in [0.1, 0.15) is 5.76 Å². The molecule has 23 heavy (non-hydrogen) atoms. The molecule has 2 atom stereocenters. The summed E-state index contributed by atoms with van der Waals surface area (Å²) < 4.78 is 32.3. The van der Waals surface area contributed by atoms with Crippen LogP contribution in [0.5, 0.6) is 0 Å². The van der Waals surface area contributed by atoms with E-state index in [2.05, 4.69) is 4.90 Å². The third kappa shape index (κ3) is 2.96. The molecule has 1 aromatic rings. The minimum atomic E-state index is -3.42. The molecule has 0 radical (unpaired) electrons. The zero-order chi connectivity index (χ0) is 15.9. The van der Waals surface area contributed by atoms with Crippen molar-refractivity contribution < 1.29 is 12.8 Å². The van der Waals surface area contributed by atoms with Gasteiger partial charge in [-0.2, -0.15) is 4.31 Å². The van der Waals surface area contributed by atoms with Gasteiger partial charge in [-0.05, 0) is 43.7 Å². The van der Waals surface area contributed by atoms with E-state index in [1.54, 1.807) is 10.4 Å². The smallest absolute Gasteiger partial charge is 0.276 e. The zero-order valence-corrected chi connectivity index (χ0v) is 14.4. The molecule has 3 aliphatic rings. The lowest BCUT2D eigenvalue weighted by molar-refractivity contribution is -0.00272. The van der Waals surface area contributed by atoms with Crippen molar-refractivity contribution in [2.75, 3.05) is 19.6 Å². The molecule has 4 rings (SSSR count). The van der Waals surface area contributed by atoms with Crippen LogP contribution in [0.1, 0.15) is 50.7 Å². The first kappa shape index (κ1) is 15.7. The van der Waals surface area contributed by atoms with Gasteiger partial charge >= 0.3 is 0 Å². The van der Waals surface area contributed by atoms with Gasteiger partial charge < -0.3 is 4.42 Å². The molecule has 0 N–H and O–H groups in total. The first-order valence-corrected chi connectivity index (χ1v) is 10.4. The van der Waals surface area contributed by atoms with Gasteiger partial charge in [-0.3, -0.25) is 4.90 Å². The molecule has 5 nitrogen and oxygen atoms in total. The van der Waals surface area contributed by atoms with Gasteiger partial charge in [0, 0.05) is 25.7 Å². The van der Waals surface area contributed by atoms with Gasteiger partial charge in [0.15, 0.2) is 0 Å². The fourth-order valence-corrected chi connectivity index (χ4v) is 5.82. The summed E-state index contributed by atoms with van der Waals surface area (Å²) in [6, 6.07) is 4.15. The van der Waals surface area contributed by atoms with E-state index in [9.17, 15) is 8.42 Å². The molecule has 0 unspecified atom stereocenters. The predicted molar refractivity (Wildman–Crippen MR) is 87.5 cm³/mol. The Hall–Kier alpha value is -0.850. The summed E-state index contributed by atoms with van der Waals surface area (Å²) in [7, 11) is -3.42. The second-order valence-corrected chi connectivity index (χ2v) is 9.10. The highest BCUT2D eigenvalue weighted by Crippen LogP contribution is 2.37. The maximum atomic E-state index is 12.5. The third-order valence-electron chi connectivity index (χ3n) is 5.71. The molecule has 2 saturated heterocycles. The van der Waals surface area contributed by atoms with Gasteiger partial charge in [0.05, 0.1) is 6.54 Å². The van der Waals surface area contributed by atoms with Crippen molar-refractivity contribution in [3.8, 4) is 0 Å². The van der Waals surface area contributed by atoms with E-state index in [0.717, 1.165) is 37.6 Å². The van der Waals surface area contributed by atoms with Gasteiger partial charge in [-0.1, -0.05) is 19.3 Å². The first-order chi connectivity index (χ1) is 11.1. The number of hydrogen-bond donors (Lipinski definition) is 0. The summed E-state index contributed by atoms with van der Waals surface area (Å²) >= 11 is 0. The third-order valence-corrected chi connectivity index (χ3v) is 7.48. The summed E-state index contributed by atoms with van der Waals surface area (Å²) in [6.07, 6.45) is 8.59. The lowest BCUT2D eigenvalue weighted by atomic mass is 9.84. The van der Waals surface area contributed by atoms with Crippen molar-refractivity contribution in [2.24, 2.45) is 5.92 Å². The highest BCUT2D eigenvalue weighted by atomic mass is 32.2. The number of hydrogen-bond acceptors (Lipinski definition) is 4. The number of fused-ring (bicyclic) bond motifs is 1. The van der Waals surface area contributed by atoms with E-state index in [1.165, 1.54) is 32.1 Å². The Labute approximate surface area is 138 Å². The average Bonchev–Trinajstić information content (AvgIpc) is 3.17. The fourth-order valence-electron chi connectivity index (χ4n) is 4.38. The van der Waals surface area contributed by atoms with Crippen LogP contribution in [0.4, 0.5) is 0 Å². The Bertz CT molecular complexity index is 649. The summed E-state index contributed by atoms with van der Waals surface area (Å²) in [4.78, 5) is 2.46. The van der Waals surface area contributed by atoms with E-state index in [0.29, 0.717) is 19.1 Å². The summed E-state index contributed by atoms with van der Waals surface area (Å²) in [6.45, 7) is 3.12. The Morgan fingerprint density at radius 2 is 1.83 bits per heavy atom. The van der Waals surface area contributed by atoms with E-state index < -0.39 is 10.0 Å². The van der Waals surface area contributed by atoms with Crippen LogP contribution < -0.4 is 0 Å². The maximum absolute atomic E-state index is 12.5. The molecule has 3 fully saturated rings. The molecule has 1 aromatic heterocycles. The molecule has 128 valence electrons. The van der Waals surface area contributed by atoms with Crippen molar-refractivity contribution in [3.05, 3.63) is 17.9 Å². The molecule has 3 heterocycles. The minimum Gasteiger partial charge on any atom is -0.447 e. The van der Waals surface area contributed by atoms with Crippen molar-refractivity contribution in [1.29, 1.82) is 0 Å². The Morgan fingerprint density at radius 1 is 1.04 bits per heavy atom. The van der Waals surface area contributed by atoms with Crippen LogP contribution in [-0.2, 0) is 16.6 Å². The highest BCUT2D eigenvalue weighted by molar-refractivity contribution is 7.89. The van der Waals surface area contributed by atoms with Crippen molar-refractivity contribution in [2.45, 2.75) is 62.6 Å². The van der Waals surface area contributed by atoms with Crippen LogP contribution in [0.25, 0.3) is 0 Å². The maximum Gasteiger partial charge on any atom is 0.276 e. The molecule has 0 bridgehead atoms. The highest BCUT2D eigenvalue weighted by Gasteiger charge is 2.39. The molecule has 1 saturated carbocycles. The number of sulfonamides is 1. The van der Waals surface area contributed by atoms with Crippen LogP contribution in [0.15, 0.2) is 21.6 Å². The number of nitrogens with zero attached hydrogens (tertiary/aromatic N) is 2. The minimum absolute atomic E-state index is 0.118. The van der Waals surface area contributed by atoms with Crippen LogP contribution in [0.3, 0.4) is 0 Å². The molecule has 6 heteroatoms. The van der Waals surface area contributed by atoms with Crippen molar-refractivity contribution >= 4 is 10.0 Å². The van der Waals surface area contributed by atoms with E-state index in [4.69, 9.17) is 4.42 Å². The zero-order valence-electron chi connectivity index (χ0n) is 13.6. The van der Waals surface area contributed by atoms with Crippen LogP contribution >= 0.6 is 0 Å².